The van der Waals surface area contributed by atoms with Crippen LogP contribution in [0.2, 0.25) is 0 Å². The first-order valence-electron chi connectivity index (χ1n) is 9.15. The van der Waals surface area contributed by atoms with E-state index >= 15 is 0 Å². The second kappa shape index (κ2) is 9.31. The number of nitrogens with zero attached hydrogens (tertiary/aromatic N) is 2. The lowest BCUT2D eigenvalue weighted by atomic mass is 10.1. The van der Waals surface area contributed by atoms with Crippen molar-refractivity contribution >= 4 is 17.4 Å². The molecule has 0 radical (unpaired) electrons. The molecule has 1 aromatic heterocycles. The average molecular weight is 354 g/mol. The molecular formula is C20H26N4O2. The molecule has 1 aromatic carbocycles. The minimum atomic E-state index is -0.0764. The summed E-state index contributed by atoms with van der Waals surface area (Å²) in [6.07, 6.45) is 2.60. The minimum absolute atomic E-state index is 0.0764. The Bertz CT molecular complexity index is 729. The number of benzene rings is 1. The fourth-order valence-corrected chi connectivity index (χ4v) is 2.98. The molecule has 0 atom stereocenters. The van der Waals surface area contributed by atoms with Crippen LogP contribution in [0.1, 0.15) is 22.8 Å². The van der Waals surface area contributed by atoms with Gasteiger partial charge in [-0.15, -0.1) is 0 Å². The summed E-state index contributed by atoms with van der Waals surface area (Å²) in [5.74, 6) is 0.596. The molecule has 1 fully saturated rings. The predicted octanol–water partition coefficient (Wildman–Crippen LogP) is 2.45. The highest BCUT2D eigenvalue weighted by Crippen LogP contribution is 2.20. The second-order valence-electron chi connectivity index (χ2n) is 6.28. The van der Waals surface area contributed by atoms with Crippen LogP contribution in [0.4, 0.5) is 11.5 Å². The van der Waals surface area contributed by atoms with E-state index in [1.165, 1.54) is 5.56 Å². The van der Waals surface area contributed by atoms with Crippen LogP contribution in [0.15, 0.2) is 42.6 Å². The normalized spacial score (nSPS) is 14.8. The van der Waals surface area contributed by atoms with Crippen molar-refractivity contribution in [2.24, 2.45) is 0 Å². The Balaban J connectivity index is 1.56. The molecular weight excluding hydrogens is 328 g/mol. The first-order chi connectivity index (χ1) is 12.8. The third kappa shape index (κ3) is 5.03. The highest BCUT2D eigenvalue weighted by Gasteiger charge is 2.11. The number of rotatable bonds is 7. The van der Waals surface area contributed by atoms with Crippen LogP contribution in [-0.4, -0.2) is 55.2 Å². The van der Waals surface area contributed by atoms with Gasteiger partial charge in [0.2, 0.25) is 0 Å². The molecule has 0 spiro atoms. The molecule has 2 N–H and O–H groups in total. The zero-order valence-corrected chi connectivity index (χ0v) is 15.2. The third-order valence-electron chi connectivity index (χ3n) is 4.50. The van der Waals surface area contributed by atoms with Crippen molar-refractivity contribution in [3.8, 4) is 0 Å². The number of carbonyl (C=O) groups is 1. The summed E-state index contributed by atoms with van der Waals surface area (Å²) in [6, 6.07) is 11.6. The number of nitrogens with one attached hydrogen (secondary N) is 2. The van der Waals surface area contributed by atoms with Crippen molar-refractivity contribution < 1.29 is 9.53 Å². The van der Waals surface area contributed by atoms with E-state index in [9.17, 15) is 4.79 Å². The number of para-hydroxylation sites is 1. The Kier molecular flexibility index (Phi) is 6.57. The number of carbonyl (C=O) groups excluding carboxylic acids is 1. The van der Waals surface area contributed by atoms with Crippen LogP contribution >= 0.6 is 0 Å². The maximum Gasteiger partial charge on any atom is 0.251 e. The molecule has 0 bridgehead atoms. The van der Waals surface area contributed by atoms with Gasteiger partial charge in [-0.25, -0.2) is 4.98 Å². The maximum atomic E-state index is 12.4. The van der Waals surface area contributed by atoms with Crippen molar-refractivity contribution in [1.82, 2.24) is 15.2 Å². The van der Waals surface area contributed by atoms with Gasteiger partial charge in [0.25, 0.3) is 5.91 Å². The van der Waals surface area contributed by atoms with Crippen molar-refractivity contribution in [2.75, 3.05) is 44.7 Å². The van der Waals surface area contributed by atoms with Gasteiger partial charge in [0.1, 0.15) is 5.82 Å². The highest BCUT2D eigenvalue weighted by molar-refractivity contribution is 5.94. The molecule has 138 valence electrons. The van der Waals surface area contributed by atoms with Gasteiger partial charge in [-0.2, -0.15) is 0 Å². The summed E-state index contributed by atoms with van der Waals surface area (Å²) in [4.78, 5) is 19.0. The number of pyridine rings is 1. The fraction of sp³-hybridized carbons (Fsp3) is 0.400. The van der Waals surface area contributed by atoms with Gasteiger partial charge in [-0.1, -0.05) is 25.1 Å². The number of amides is 1. The average Bonchev–Trinajstić information content (AvgIpc) is 2.69. The van der Waals surface area contributed by atoms with Gasteiger partial charge in [0, 0.05) is 43.6 Å². The summed E-state index contributed by atoms with van der Waals surface area (Å²) >= 11 is 0. The van der Waals surface area contributed by atoms with E-state index < -0.39 is 0 Å². The molecule has 1 saturated heterocycles. The predicted molar refractivity (Wildman–Crippen MR) is 103 cm³/mol. The van der Waals surface area contributed by atoms with Gasteiger partial charge in [-0.05, 0) is 30.2 Å². The van der Waals surface area contributed by atoms with Crippen molar-refractivity contribution in [1.29, 1.82) is 0 Å². The zero-order valence-electron chi connectivity index (χ0n) is 15.2. The van der Waals surface area contributed by atoms with Gasteiger partial charge in [-0.3, -0.25) is 9.69 Å². The molecule has 1 amide bonds. The summed E-state index contributed by atoms with van der Waals surface area (Å²) in [5.41, 5.74) is 2.85. The Morgan fingerprint density at radius 1 is 1.23 bits per heavy atom. The number of morpholine rings is 1. The van der Waals surface area contributed by atoms with E-state index in [2.05, 4.69) is 33.5 Å². The number of aromatic nitrogens is 1. The summed E-state index contributed by atoms with van der Waals surface area (Å²) in [5, 5.41) is 6.30. The van der Waals surface area contributed by atoms with E-state index in [1.807, 2.05) is 18.2 Å². The van der Waals surface area contributed by atoms with Gasteiger partial charge in [0.15, 0.2) is 0 Å². The molecule has 2 heterocycles. The maximum absolute atomic E-state index is 12.4. The largest absolute Gasteiger partial charge is 0.379 e. The quantitative estimate of drug-likeness (QED) is 0.799. The lowest BCUT2D eigenvalue weighted by Gasteiger charge is -2.26. The fourth-order valence-electron chi connectivity index (χ4n) is 2.98. The molecule has 6 nitrogen and oxygen atoms in total. The van der Waals surface area contributed by atoms with Gasteiger partial charge < -0.3 is 15.4 Å². The van der Waals surface area contributed by atoms with Crippen LogP contribution in [0.5, 0.6) is 0 Å². The standard InChI is InChI=1S/C20H26N4O2/c1-2-16-5-3-4-6-18(16)23-19-15-17(7-8-21-19)20(25)22-9-10-24-11-13-26-14-12-24/h3-8,15H,2,9-14H2,1H3,(H,21,23)(H,22,25). The number of hydrogen-bond acceptors (Lipinski definition) is 5. The Hall–Kier alpha value is -2.44. The van der Waals surface area contributed by atoms with Crippen LogP contribution in [0.3, 0.4) is 0 Å². The highest BCUT2D eigenvalue weighted by atomic mass is 16.5. The lowest BCUT2D eigenvalue weighted by Crippen LogP contribution is -2.41. The molecule has 3 rings (SSSR count). The Labute approximate surface area is 154 Å². The molecule has 26 heavy (non-hydrogen) atoms. The zero-order chi connectivity index (χ0) is 18.2. The number of ether oxygens (including phenoxy) is 1. The van der Waals surface area contributed by atoms with Gasteiger partial charge >= 0.3 is 0 Å². The molecule has 0 aliphatic carbocycles. The molecule has 2 aromatic rings. The van der Waals surface area contributed by atoms with Gasteiger partial charge in [0.05, 0.1) is 13.2 Å². The van der Waals surface area contributed by atoms with Crippen molar-refractivity contribution in [2.45, 2.75) is 13.3 Å². The lowest BCUT2D eigenvalue weighted by molar-refractivity contribution is 0.0383. The summed E-state index contributed by atoms with van der Waals surface area (Å²) < 4.78 is 5.33. The smallest absolute Gasteiger partial charge is 0.251 e. The SMILES string of the molecule is CCc1ccccc1Nc1cc(C(=O)NCCN2CCOCC2)ccn1. The molecule has 6 heteroatoms. The second-order valence-corrected chi connectivity index (χ2v) is 6.28. The number of anilines is 2. The van der Waals surface area contributed by atoms with E-state index in [0.717, 1.165) is 45.0 Å². The molecule has 0 unspecified atom stereocenters. The Morgan fingerprint density at radius 2 is 2.04 bits per heavy atom. The number of aryl methyl sites for hydroxylation is 1. The third-order valence-corrected chi connectivity index (χ3v) is 4.50. The molecule has 0 saturated carbocycles. The first-order valence-corrected chi connectivity index (χ1v) is 9.15. The van der Waals surface area contributed by atoms with E-state index in [0.29, 0.717) is 17.9 Å². The Morgan fingerprint density at radius 3 is 2.85 bits per heavy atom. The monoisotopic (exact) mass is 354 g/mol. The van der Waals surface area contributed by atoms with Crippen LogP contribution in [0, 0.1) is 0 Å². The first kappa shape index (κ1) is 18.4. The summed E-state index contributed by atoms with van der Waals surface area (Å²) in [6.45, 7) is 6.98. The van der Waals surface area contributed by atoms with Crippen LogP contribution in [-0.2, 0) is 11.2 Å². The summed E-state index contributed by atoms with van der Waals surface area (Å²) in [7, 11) is 0. The van der Waals surface area contributed by atoms with Crippen molar-refractivity contribution in [3.63, 3.8) is 0 Å². The molecule has 1 aliphatic heterocycles. The van der Waals surface area contributed by atoms with Crippen LogP contribution < -0.4 is 10.6 Å². The van der Waals surface area contributed by atoms with E-state index in [-0.39, 0.29) is 5.91 Å². The topological polar surface area (TPSA) is 66.5 Å². The van der Waals surface area contributed by atoms with Crippen molar-refractivity contribution in [3.05, 3.63) is 53.7 Å². The van der Waals surface area contributed by atoms with Crippen LogP contribution in [0.25, 0.3) is 0 Å². The van der Waals surface area contributed by atoms with E-state index in [1.54, 1.807) is 18.3 Å². The number of hydrogen-bond donors (Lipinski definition) is 2. The van der Waals surface area contributed by atoms with E-state index in [4.69, 9.17) is 4.74 Å². The molecule has 1 aliphatic rings. The minimum Gasteiger partial charge on any atom is -0.379 e.